The molecule has 7 heteroatoms. The number of amides is 1. The minimum atomic E-state index is -4.31. The molecule has 0 spiro atoms. The highest BCUT2D eigenvalue weighted by Gasteiger charge is 2.29. The molecule has 2 N–H and O–H groups in total. The van der Waals surface area contributed by atoms with Crippen LogP contribution in [-0.4, -0.2) is 54.4 Å². The zero-order valence-electron chi connectivity index (χ0n) is 9.63. The van der Waals surface area contributed by atoms with Gasteiger partial charge in [0.15, 0.2) is 0 Å². The van der Waals surface area contributed by atoms with Crippen LogP contribution >= 0.6 is 0 Å². The maximum absolute atomic E-state index is 11.8. The fourth-order valence-electron chi connectivity index (χ4n) is 1.70. The van der Waals surface area contributed by atoms with Crippen molar-refractivity contribution in [3.05, 3.63) is 0 Å². The first-order valence-electron chi connectivity index (χ1n) is 5.53. The molecule has 1 fully saturated rings. The Balaban J connectivity index is 2.29. The lowest BCUT2D eigenvalue weighted by atomic mass is 9.96. The third-order valence-electron chi connectivity index (χ3n) is 2.87. The molecule has 1 rings (SSSR count). The molecular formula is C10H17F3N2O2. The maximum atomic E-state index is 11.8. The molecule has 0 radical (unpaired) electrons. The fourth-order valence-corrected chi connectivity index (χ4v) is 1.70. The summed E-state index contributed by atoms with van der Waals surface area (Å²) in [5, 5.41) is 11.6. The summed E-state index contributed by atoms with van der Waals surface area (Å²) in [4.78, 5) is 12.9. The molecule has 1 aliphatic heterocycles. The Morgan fingerprint density at radius 1 is 1.53 bits per heavy atom. The number of nitrogens with one attached hydrogen (secondary N) is 1. The number of rotatable bonds is 3. The number of piperidine rings is 1. The van der Waals surface area contributed by atoms with E-state index in [1.54, 1.807) is 0 Å². The van der Waals surface area contributed by atoms with E-state index in [1.165, 1.54) is 4.90 Å². The van der Waals surface area contributed by atoms with Gasteiger partial charge in [-0.3, -0.25) is 4.79 Å². The van der Waals surface area contributed by atoms with E-state index in [9.17, 15) is 23.1 Å². The van der Waals surface area contributed by atoms with Crippen molar-refractivity contribution in [2.24, 2.45) is 5.92 Å². The van der Waals surface area contributed by atoms with Gasteiger partial charge in [-0.05, 0) is 12.3 Å². The molecule has 100 valence electrons. The van der Waals surface area contributed by atoms with E-state index in [2.05, 4.69) is 5.32 Å². The largest absolute Gasteiger partial charge is 0.401 e. The van der Waals surface area contributed by atoms with Crippen molar-refractivity contribution in [1.82, 2.24) is 10.2 Å². The van der Waals surface area contributed by atoms with Crippen LogP contribution in [0.3, 0.4) is 0 Å². The van der Waals surface area contributed by atoms with E-state index in [0.717, 1.165) is 0 Å². The molecule has 0 aromatic heterocycles. The molecule has 0 bridgehead atoms. The van der Waals surface area contributed by atoms with E-state index in [0.29, 0.717) is 13.0 Å². The number of carbonyl (C=O) groups excluding carboxylic acids is 1. The van der Waals surface area contributed by atoms with Gasteiger partial charge in [0, 0.05) is 13.1 Å². The second-order valence-electron chi connectivity index (χ2n) is 4.39. The standard InChI is InChI=1S/C10H17F3N2O2/c1-7-2-3-15(5-8(7)16)9(17)4-14-6-10(11,12)13/h7-8,14,16H,2-6H2,1H3. The molecule has 1 amide bonds. The molecule has 0 aromatic rings. The smallest absolute Gasteiger partial charge is 0.391 e. The van der Waals surface area contributed by atoms with Gasteiger partial charge in [-0.2, -0.15) is 13.2 Å². The van der Waals surface area contributed by atoms with E-state index in [-0.39, 0.29) is 19.0 Å². The Labute approximate surface area is 97.8 Å². The summed E-state index contributed by atoms with van der Waals surface area (Å²) >= 11 is 0. The zero-order valence-corrected chi connectivity index (χ0v) is 9.63. The number of halogens is 3. The van der Waals surface area contributed by atoms with Crippen molar-refractivity contribution in [3.63, 3.8) is 0 Å². The van der Waals surface area contributed by atoms with Gasteiger partial charge in [0.05, 0.1) is 19.2 Å². The number of alkyl halides is 3. The molecule has 2 unspecified atom stereocenters. The summed E-state index contributed by atoms with van der Waals surface area (Å²) in [6, 6.07) is 0. The lowest BCUT2D eigenvalue weighted by molar-refractivity contribution is -0.137. The van der Waals surface area contributed by atoms with Crippen LogP contribution in [0.4, 0.5) is 13.2 Å². The molecule has 1 saturated heterocycles. The second-order valence-corrected chi connectivity index (χ2v) is 4.39. The Kier molecular flexibility index (Phi) is 4.76. The number of hydrogen-bond acceptors (Lipinski definition) is 3. The number of nitrogens with zero attached hydrogens (tertiary/aromatic N) is 1. The normalized spacial score (nSPS) is 26.1. The molecule has 0 aromatic carbocycles. The number of likely N-dealkylation sites (tertiary alicyclic amines) is 1. The second kappa shape index (κ2) is 5.68. The molecule has 0 saturated carbocycles. The monoisotopic (exact) mass is 254 g/mol. The molecule has 1 heterocycles. The van der Waals surface area contributed by atoms with Crippen LogP contribution in [0, 0.1) is 5.92 Å². The minimum Gasteiger partial charge on any atom is -0.391 e. The van der Waals surface area contributed by atoms with Gasteiger partial charge in [-0.1, -0.05) is 6.92 Å². The first kappa shape index (κ1) is 14.2. The fraction of sp³-hybridized carbons (Fsp3) is 0.900. The molecular weight excluding hydrogens is 237 g/mol. The van der Waals surface area contributed by atoms with Gasteiger partial charge in [0.2, 0.25) is 5.91 Å². The van der Waals surface area contributed by atoms with Gasteiger partial charge in [0.1, 0.15) is 0 Å². The summed E-state index contributed by atoms with van der Waals surface area (Å²) in [7, 11) is 0. The third kappa shape index (κ3) is 4.91. The first-order chi connectivity index (χ1) is 7.79. The van der Waals surface area contributed by atoms with Crippen LogP contribution in [-0.2, 0) is 4.79 Å². The molecule has 0 aliphatic carbocycles. The van der Waals surface area contributed by atoms with Crippen LogP contribution in [0.5, 0.6) is 0 Å². The molecule has 17 heavy (non-hydrogen) atoms. The van der Waals surface area contributed by atoms with Crippen LogP contribution in [0.1, 0.15) is 13.3 Å². The van der Waals surface area contributed by atoms with Crippen LogP contribution in [0.25, 0.3) is 0 Å². The predicted molar refractivity (Wildman–Crippen MR) is 55.3 cm³/mol. The Hall–Kier alpha value is -0.820. The maximum Gasteiger partial charge on any atom is 0.401 e. The Bertz CT molecular complexity index is 271. The predicted octanol–water partition coefficient (Wildman–Crippen LogP) is 0.368. The zero-order chi connectivity index (χ0) is 13.1. The number of hydrogen-bond donors (Lipinski definition) is 2. The van der Waals surface area contributed by atoms with Crippen molar-refractivity contribution >= 4 is 5.91 Å². The van der Waals surface area contributed by atoms with E-state index >= 15 is 0 Å². The highest BCUT2D eigenvalue weighted by atomic mass is 19.4. The quantitative estimate of drug-likeness (QED) is 0.765. The SMILES string of the molecule is CC1CCN(C(=O)CNCC(F)(F)F)CC1O. The van der Waals surface area contributed by atoms with Crippen molar-refractivity contribution in [3.8, 4) is 0 Å². The number of aliphatic hydroxyl groups is 1. The third-order valence-corrected chi connectivity index (χ3v) is 2.87. The molecule has 1 aliphatic rings. The summed E-state index contributed by atoms with van der Waals surface area (Å²) in [6.45, 7) is 1.05. The minimum absolute atomic E-state index is 0.127. The Morgan fingerprint density at radius 3 is 2.71 bits per heavy atom. The highest BCUT2D eigenvalue weighted by Crippen LogP contribution is 2.17. The van der Waals surface area contributed by atoms with E-state index < -0.39 is 24.7 Å². The summed E-state index contributed by atoms with van der Waals surface area (Å²) in [5.74, 6) is -0.276. The average Bonchev–Trinajstić information content (AvgIpc) is 2.20. The van der Waals surface area contributed by atoms with Crippen LogP contribution in [0.15, 0.2) is 0 Å². The lowest BCUT2D eigenvalue weighted by Crippen LogP contribution is -2.49. The average molecular weight is 254 g/mol. The first-order valence-corrected chi connectivity index (χ1v) is 5.53. The topological polar surface area (TPSA) is 52.6 Å². The van der Waals surface area contributed by atoms with Crippen molar-refractivity contribution < 1.29 is 23.1 Å². The van der Waals surface area contributed by atoms with E-state index in [4.69, 9.17) is 0 Å². The molecule has 2 atom stereocenters. The number of β-amino-alcohol motifs (C(OH)–C–C–N with tert-alkyl or cyclic N) is 1. The van der Waals surface area contributed by atoms with Gasteiger partial charge in [-0.25, -0.2) is 0 Å². The Morgan fingerprint density at radius 2 is 2.18 bits per heavy atom. The number of carbonyl (C=O) groups is 1. The van der Waals surface area contributed by atoms with Crippen LogP contribution in [0.2, 0.25) is 0 Å². The van der Waals surface area contributed by atoms with Gasteiger partial charge < -0.3 is 15.3 Å². The van der Waals surface area contributed by atoms with Crippen molar-refractivity contribution in [2.75, 3.05) is 26.2 Å². The van der Waals surface area contributed by atoms with Crippen molar-refractivity contribution in [1.29, 1.82) is 0 Å². The lowest BCUT2D eigenvalue weighted by Gasteiger charge is -2.34. The number of aliphatic hydroxyl groups excluding tert-OH is 1. The van der Waals surface area contributed by atoms with Crippen molar-refractivity contribution in [2.45, 2.75) is 25.6 Å². The summed E-state index contributed by atoms with van der Waals surface area (Å²) in [6.07, 6.45) is -4.22. The summed E-state index contributed by atoms with van der Waals surface area (Å²) < 4.78 is 35.5. The molecule has 4 nitrogen and oxygen atoms in total. The van der Waals surface area contributed by atoms with Gasteiger partial charge in [0.25, 0.3) is 0 Å². The van der Waals surface area contributed by atoms with Crippen LogP contribution < -0.4 is 5.32 Å². The van der Waals surface area contributed by atoms with Gasteiger partial charge >= 0.3 is 6.18 Å². The van der Waals surface area contributed by atoms with E-state index in [1.807, 2.05) is 6.92 Å². The summed E-state index contributed by atoms with van der Waals surface area (Å²) in [5.41, 5.74) is 0. The van der Waals surface area contributed by atoms with Gasteiger partial charge in [-0.15, -0.1) is 0 Å². The highest BCUT2D eigenvalue weighted by molar-refractivity contribution is 5.78.